The Bertz CT molecular complexity index is 744. The molecule has 2 aromatic rings. The van der Waals surface area contributed by atoms with Crippen LogP contribution in [0.25, 0.3) is 0 Å². The van der Waals surface area contributed by atoms with Crippen LogP contribution in [0.1, 0.15) is 37.3 Å². The van der Waals surface area contributed by atoms with Gasteiger partial charge in [-0.25, -0.2) is 9.78 Å². The van der Waals surface area contributed by atoms with Gasteiger partial charge in [-0.05, 0) is 49.7 Å². The first-order valence-electron chi connectivity index (χ1n) is 9.12. The second-order valence-corrected chi connectivity index (χ2v) is 7.42. The van der Waals surface area contributed by atoms with E-state index in [4.69, 9.17) is 0 Å². The van der Waals surface area contributed by atoms with E-state index in [1.165, 1.54) is 36.7 Å². The van der Waals surface area contributed by atoms with E-state index in [0.29, 0.717) is 11.3 Å². The number of hydrogen-bond acceptors (Lipinski definition) is 3. The van der Waals surface area contributed by atoms with Crippen molar-refractivity contribution in [3.8, 4) is 0 Å². The van der Waals surface area contributed by atoms with Crippen molar-refractivity contribution in [3.05, 3.63) is 48.0 Å². The van der Waals surface area contributed by atoms with Crippen LogP contribution in [0.15, 0.2) is 36.9 Å². The molecule has 1 heterocycles. The van der Waals surface area contributed by atoms with Gasteiger partial charge < -0.3 is 10.6 Å². The normalized spacial score (nSPS) is 24.8. The first kappa shape index (κ1) is 16.1. The lowest BCUT2D eigenvalue weighted by atomic mass is 9.95. The largest absolute Gasteiger partial charge is 0.338 e. The summed E-state index contributed by atoms with van der Waals surface area (Å²) >= 11 is 0. The first-order valence-corrected chi connectivity index (χ1v) is 9.12. The molecule has 1 aromatic carbocycles. The number of aryl methyl sites for hydroxylation is 2. The summed E-state index contributed by atoms with van der Waals surface area (Å²) in [4.78, 5) is 16.1. The minimum absolute atomic E-state index is 0.0700. The molecule has 0 aliphatic heterocycles. The monoisotopic (exact) mass is 339 g/mol. The molecule has 0 radical (unpaired) electrons. The summed E-state index contributed by atoms with van der Waals surface area (Å²) in [5.41, 5.74) is 3.35. The molecule has 0 unspecified atom stereocenters. The third kappa shape index (κ3) is 3.25. The number of benzene rings is 1. The molecule has 1 fully saturated rings. The number of nitrogens with zero attached hydrogens (tertiary/aromatic N) is 3. The van der Waals surface area contributed by atoms with Gasteiger partial charge in [0.05, 0.1) is 0 Å². The van der Waals surface area contributed by atoms with Crippen molar-refractivity contribution in [1.82, 2.24) is 25.4 Å². The second kappa shape index (κ2) is 6.50. The Hall–Kier alpha value is -2.37. The van der Waals surface area contributed by atoms with Gasteiger partial charge in [0, 0.05) is 24.5 Å². The van der Waals surface area contributed by atoms with Crippen LogP contribution in [-0.2, 0) is 18.4 Å². The van der Waals surface area contributed by atoms with Gasteiger partial charge in [0.15, 0.2) is 0 Å². The van der Waals surface area contributed by atoms with Crippen LogP contribution >= 0.6 is 0 Å². The predicted octanol–water partition coefficient (Wildman–Crippen LogP) is 2.26. The third-order valence-corrected chi connectivity index (χ3v) is 5.77. The molecule has 0 saturated heterocycles. The highest BCUT2D eigenvalue weighted by molar-refractivity contribution is 5.74. The minimum atomic E-state index is -0.0700. The van der Waals surface area contributed by atoms with Crippen LogP contribution in [0.4, 0.5) is 4.79 Å². The van der Waals surface area contributed by atoms with Crippen molar-refractivity contribution in [2.24, 2.45) is 5.92 Å². The Morgan fingerprint density at radius 1 is 1.44 bits per heavy atom. The van der Waals surface area contributed by atoms with Crippen LogP contribution < -0.4 is 10.6 Å². The Kier molecular flexibility index (Phi) is 4.19. The van der Waals surface area contributed by atoms with Crippen molar-refractivity contribution >= 4 is 6.03 Å². The molecule has 6 heteroatoms. The van der Waals surface area contributed by atoms with Crippen molar-refractivity contribution < 1.29 is 4.79 Å². The smallest absolute Gasteiger partial charge is 0.315 e. The predicted molar refractivity (Wildman–Crippen MR) is 95.2 cm³/mol. The van der Waals surface area contributed by atoms with Gasteiger partial charge in [0.25, 0.3) is 0 Å². The summed E-state index contributed by atoms with van der Waals surface area (Å²) in [6, 6.07) is 8.81. The number of aromatic nitrogens is 3. The molecule has 3 atom stereocenters. The van der Waals surface area contributed by atoms with Gasteiger partial charge >= 0.3 is 6.03 Å². The van der Waals surface area contributed by atoms with Gasteiger partial charge in [-0.1, -0.05) is 24.3 Å². The van der Waals surface area contributed by atoms with Crippen molar-refractivity contribution in [2.75, 3.05) is 6.54 Å². The van der Waals surface area contributed by atoms with Gasteiger partial charge in [0.2, 0.25) is 0 Å². The lowest BCUT2D eigenvalue weighted by Gasteiger charge is -2.16. The quantitative estimate of drug-likeness (QED) is 0.848. The average Bonchev–Trinajstić information content (AvgIpc) is 2.95. The number of nitrogens with one attached hydrogen (secondary N) is 2. The van der Waals surface area contributed by atoms with Gasteiger partial charge in [-0.2, -0.15) is 5.10 Å². The summed E-state index contributed by atoms with van der Waals surface area (Å²) in [5, 5.41) is 10.1. The lowest BCUT2D eigenvalue weighted by molar-refractivity contribution is 0.236. The summed E-state index contributed by atoms with van der Waals surface area (Å²) in [7, 11) is 0. The van der Waals surface area contributed by atoms with E-state index in [9.17, 15) is 4.79 Å². The van der Waals surface area contributed by atoms with Crippen LogP contribution in [0.2, 0.25) is 0 Å². The molecule has 25 heavy (non-hydrogen) atoms. The molecule has 4 rings (SSSR count). The Labute approximate surface area is 148 Å². The van der Waals surface area contributed by atoms with Crippen LogP contribution in [0, 0.1) is 5.92 Å². The summed E-state index contributed by atoms with van der Waals surface area (Å²) in [5.74, 6) is 0.576. The molecule has 1 saturated carbocycles. The molecule has 1 spiro atoms. The second-order valence-electron chi connectivity index (χ2n) is 7.42. The molecule has 6 nitrogen and oxygen atoms in total. The fourth-order valence-corrected chi connectivity index (χ4v) is 4.24. The molecular weight excluding hydrogens is 314 g/mol. The zero-order valence-corrected chi connectivity index (χ0v) is 14.6. The Balaban J connectivity index is 1.21. The number of rotatable bonds is 6. The summed E-state index contributed by atoms with van der Waals surface area (Å²) in [6.45, 7) is 3.53. The molecular formula is C19H25N5O. The van der Waals surface area contributed by atoms with E-state index in [1.54, 1.807) is 11.0 Å². The minimum Gasteiger partial charge on any atom is -0.338 e. The molecule has 2 aliphatic carbocycles. The maximum Gasteiger partial charge on any atom is 0.315 e. The highest BCUT2D eigenvalue weighted by Crippen LogP contribution is 2.61. The van der Waals surface area contributed by atoms with Crippen LogP contribution in [0.3, 0.4) is 0 Å². The zero-order chi connectivity index (χ0) is 17.3. The maximum atomic E-state index is 12.1. The lowest BCUT2D eigenvalue weighted by Crippen LogP contribution is -2.42. The Morgan fingerprint density at radius 2 is 2.32 bits per heavy atom. The van der Waals surface area contributed by atoms with E-state index in [-0.39, 0.29) is 12.1 Å². The molecule has 2 amide bonds. The molecule has 0 bridgehead atoms. The number of amides is 2. The van der Waals surface area contributed by atoms with E-state index in [2.05, 4.69) is 45.0 Å². The standard InChI is InChI=1S/C19H25N5O/c1-14(7-9-24-13-20-12-22-24)23-18(25)21-11-16-10-19(16)8-6-15-4-2-3-5-17(15)19/h2-5,12-14,16H,6-11H2,1H3,(H2,21,23,25)/t14-,16-,19-/m1/s1. The van der Waals surface area contributed by atoms with Gasteiger partial charge in [0.1, 0.15) is 12.7 Å². The highest BCUT2D eigenvalue weighted by Gasteiger charge is 2.57. The highest BCUT2D eigenvalue weighted by atomic mass is 16.2. The fourth-order valence-electron chi connectivity index (χ4n) is 4.24. The number of carbonyl (C=O) groups is 1. The van der Waals surface area contributed by atoms with E-state index < -0.39 is 0 Å². The number of carbonyl (C=O) groups excluding carboxylic acids is 1. The van der Waals surface area contributed by atoms with Crippen molar-refractivity contribution in [1.29, 1.82) is 0 Å². The van der Waals surface area contributed by atoms with E-state index in [1.807, 2.05) is 6.92 Å². The summed E-state index contributed by atoms with van der Waals surface area (Å²) in [6.07, 6.45) is 7.66. The zero-order valence-electron chi connectivity index (χ0n) is 14.6. The molecule has 2 aliphatic rings. The number of hydrogen-bond donors (Lipinski definition) is 2. The van der Waals surface area contributed by atoms with Crippen molar-refractivity contribution in [3.63, 3.8) is 0 Å². The topological polar surface area (TPSA) is 71.8 Å². The fraction of sp³-hybridized carbons (Fsp3) is 0.526. The first-order chi connectivity index (χ1) is 12.2. The molecule has 2 N–H and O–H groups in total. The maximum absolute atomic E-state index is 12.1. The Morgan fingerprint density at radius 3 is 3.16 bits per heavy atom. The molecule has 1 aromatic heterocycles. The van der Waals surface area contributed by atoms with Crippen LogP contribution in [-0.4, -0.2) is 33.4 Å². The number of urea groups is 1. The molecule has 132 valence electrons. The number of fused-ring (bicyclic) bond motifs is 2. The van der Waals surface area contributed by atoms with E-state index >= 15 is 0 Å². The van der Waals surface area contributed by atoms with E-state index in [0.717, 1.165) is 19.5 Å². The third-order valence-electron chi connectivity index (χ3n) is 5.77. The van der Waals surface area contributed by atoms with Crippen molar-refractivity contribution in [2.45, 2.75) is 50.6 Å². The average molecular weight is 339 g/mol. The van der Waals surface area contributed by atoms with Gasteiger partial charge in [-0.15, -0.1) is 0 Å². The van der Waals surface area contributed by atoms with Crippen LogP contribution in [0.5, 0.6) is 0 Å². The SMILES string of the molecule is C[C@H](CCn1cncn1)NC(=O)NC[C@H]1C[C@]12CCc1ccccc12. The van der Waals surface area contributed by atoms with Gasteiger partial charge in [-0.3, -0.25) is 4.68 Å². The summed E-state index contributed by atoms with van der Waals surface area (Å²) < 4.78 is 1.78.